The van der Waals surface area contributed by atoms with Crippen molar-refractivity contribution in [1.82, 2.24) is 5.73 Å². The summed E-state index contributed by atoms with van der Waals surface area (Å²) in [5, 5.41) is 0. The van der Waals surface area contributed by atoms with Crippen molar-refractivity contribution in [2.75, 3.05) is 0 Å². The Morgan fingerprint density at radius 2 is 2.20 bits per heavy atom. The Morgan fingerprint density at radius 1 is 1.50 bits per heavy atom. The molecule has 0 saturated carbocycles. The van der Waals surface area contributed by atoms with Crippen molar-refractivity contribution < 1.29 is 4.39 Å². The maximum atomic E-state index is 12.7. The van der Waals surface area contributed by atoms with Crippen LogP contribution in [0.25, 0.3) is 0 Å². The summed E-state index contributed by atoms with van der Waals surface area (Å²) in [6.07, 6.45) is 0. The molecule has 1 aromatic rings. The summed E-state index contributed by atoms with van der Waals surface area (Å²) >= 11 is 3.12. The number of hydrogen-bond donors (Lipinski definition) is 0. The number of hydrogen-bond acceptors (Lipinski definition) is 0. The number of benzene rings is 1. The summed E-state index contributed by atoms with van der Waals surface area (Å²) < 4.78 is 13.4. The predicted octanol–water partition coefficient (Wildman–Crippen LogP) is 2.37. The monoisotopic (exact) mass is 202 g/mol. The van der Waals surface area contributed by atoms with Crippen LogP contribution in [0.1, 0.15) is 5.56 Å². The lowest BCUT2D eigenvalue weighted by Gasteiger charge is -1.97. The van der Waals surface area contributed by atoms with Crippen LogP contribution in [0.5, 0.6) is 0 Å². The maximum Gasteiger partial charge on any atom is 0.128 e. The first-order valence-corrected chi connectivity index (χ1v) is 3.62. The van der Waals surface area contributed by atoms with Crippen molar-refractivity contribution in [3.05, 3.63) is 34.1 Å². The molecular weight excluding hydrogens is 197 g/mol. The summed E-state index contributed by atoms with van der Waals surface area (Å²) in [6.45, 7) is -0.000880. The molecule has 0 fully saturated rings. The van der Waals surface area contributed by atoms with Gasteiger partial charge in [-0.2, -0.15) is 0 Å². The molecule has 0 aliphatic rings. The minimum Gasteiger partial charge on any atom is -0.253 e. The Balaban J connectivity index is 3.07. The van der Waals surface area contributed by atoms with E-state index in [0.29, 0.717) is 10.0 Å². The second kappa shape index (κ2) is 3.12. The van der Waals surface area contributed by atoms with Crippen molar-refractivity contribution in [2.24, 2.45) is 0 Å². The molecule has 1 nitrogen and oxygen atoms in total. The highest BCUT2D eigenvalue weighted by Gasteiger charge is 1.98. The largest absolute Gasteiger partial charge is 0.253 e. The van der Waals surface area contributed by atoms with E-state index >= 15 is 0 Å². The van der Waals surface area contributed by atoms with Gasteiger partial charge in [-0.1, -0.05) is 22.0 Å². The lowest BCUT2D eigenvalue weighted by Crippen LogP contribution is -1.89. The Hall–Kier alpha value is -0.410. The van der Waals surface area contributed by atoms with Crippen LogP contribution in [0, 0.1) is 5.82 Å². The molecule has 0 saturated heterocycles. The van der Waals surface area contributed by atoms with Gasteiger partial charge in [-0.3, -0.25) is 5.73 Å². The molecule has 0 aliphatic heterocycles. The van der Waals surface area contributed by atoms with Gasteiger partial charge in [-0.15, -0.1) is 0 Å². The van der Waals surface area contributed by atoms with E-state index in [9.17, 15) is 4.39 Å². The van der Waals surface area contributed by atoms with Gasteiger partial charge in [0.15, 0.2) is 0 Å². The average molecular weight is 203 g/mol. The van der Waals surface area contributed by atoms with Gasteiger partial charge in [-0.25, -0.2) is 4.39 Å². The Bertz CT molecular complexity index is 237. The van der Waals surface area contributed by atoms with Gasteiger partial charge >= 0.3 is 0 Å². The smallest absolute Gasteiger partial charge is 0.128 e. The van der Waals surface area contributed by atoms with Crippen molar-refractivity contribution in [3.8, 4) is 0 Å². The van der Waals surface area contributed by atoms with E-state index in [1.165, 1.54) is 6.07 Å². The topological polar surface area (TPSA) is 23.8 Å². The first kappa shape index (κ1) is 7.69. The number of halogens is 2. The molecule has 3 heteroatoms. The van der Waals surface area contributed by atoms with Gasteiger partial charge in [0, 0.05) is 16.6 Å². The quantitative estimate of drug-likeness (QED) is 0.669. The van der Waals surface area contributed by atoms with E-state index < -0.39 is 0 Å². The van der Waals surface area contributed by atoms with E-state index in [-0.39, 0.29) is 12.4 Å². The fourth-order valence-corrected chi connectivity index (χ4v) is 0.998. The number of nitrogens with one attached hydrogen (secondary N) is 1. The van der Waals surface area contributed by atoms with E-state index in [1.54, 1.807) is 12.1 Å². The van der Waals surface area contributed by atoms with Crippen molar-refractivity contribution in [3.63, 3.8) is 0 Å². The van der Waals surface area contributed by atoms with Crippen LogP contribution in [0.2, 0.25) is 0 Å². The molecule has 1 rings (SSSR count). The zero-order chi connectivity index (χ0) is 7.56. The number of rotatable bonds is 1. The minimum atomic E-state index is -0.315. The van der Waals surface area contributed by atoms with Crippen molar-refractivity contribution >= 4 is 15.9 Å². The van der Waals surface area contributed by atoms with E-state index in [1.807, 2.05) is 0 Å². The normalized spacial score (nSPS) is 9.90. The summed E-state index contributed by atoms with van der Waals surface area (Å²) in [6, 6.07) is 4.70. The van der Waals surface area contributed by atoms with Crippen LogP contribution in [-0.4, -0.2) is 0 Å². The van der Waals surface area contributed by atoms with Crippen molar-refractivity contribution in [2.45, 2.75) is 6.54 Å². The summed E-state index contributed by atoms with van der Waals surface area (Å²) in [7, 11) is 0. The highest BCUT2D eigenvalue weighted by Crippen LogP contribution is 2.14. The lowest BCUT2D eigenvalue weighted by atomic mass is 10.2. The Morgan fingerprint density at radius 3 is 2.70 bits per heavy atom. The third-order valence-corrected chi connectivity index (χ3v) is 1.70. The van der Waals surface area contributed by atoms with Crippen molar-refractivity contribution in [1.29, 1.82) is 0 Å². The molecule has 0 aliphatic carbocycles. The van der Waals surface area contributed by atoms with Gasteiger partial charge in [0.1, 0.15) is 5.82 Å². The van der Waals surface area contributed by atoms with Crippen LogP contribution in [0.4, 0.5) is 4.39 Å². The fourth-order valence-electron chi connectivity index (χ4n) is 0.665. The summed E-state index contributed by atoms with van der Waals surface area (Å²) in [4.78, 5) is 0. The third kappa shape index (κ3) is 1.55. The second-order valence-electron chi connectivity index (χ2n) is 1.91. The van der Waals surface area contributed by atoms with Gasteiger partial charge in [0.25, 0.3) is 0 Å². The highest BCUT2D eigenvalue weighted by atomic mass is 79.9. The van der Waals surface area contributed by atoms with Crippen LogP contribution in [0.15, 0.2) is 22.7 Å². The van der Waals surface area contributed by atoms with E-state index in [2.05, 4.69) is 15.9 Å². The molecule has 0 spiro atoms. The molecule has 1 N–H and O–H groups in total. The zero-order valence-electron chi connectivity index (χ0n) is 5.20. The van der Waals surface area contributed by atoms with Crippen LogP contribution in [0.3, 0.4) is 0 Å². The molecule has 0 bridgehead atoms. The van der Waals surface area contributed by atoms with Crippen LogP contribution < -0.4 is 5.73 Å². The summed E-state index contributed by atoms with van der Waals surface area (Å²) in [5.41, 5.74) is 7.33. The third-order valence-electron chi connectivity index (χ3n) is 1.21. The van der Waals surface area contributed by atoms with Gasteiger partial charge in [0.2, 0.25) is 0 Å². The minimum absolute atomic E-state index is 0.000880. The Labute approximate surface area is 67.2 Å². The molecule has 0 amide bonds. The second-order valence-corrected chi connectivity index (χ2v) is 2.83. The lowest BCUT2D eigenvalue weighted by molar-refractivity contribution is 0.608. The first-order chi connectivity index (χ1) is 4.74. The highest BCUT2D eigenvalue weighted by molar-refractivity contribution is 9.10. The molecule has 1 aromatic carbocycles. The first-order valence-electron chi connectivity index (χ1n) is 2.82. The molecule has 0 aromatic heterocycles. The predicted molar refractivity (Wildman–Crippen MR) is 40.9 cm³/mol. The van der Waals surface area contributed by atoms with Gasteiger partial charge in [-0.05, 0) is 12.1 Å². The van der Waals surface area contributed by atoms with Crippen LogP contribution in [-0.2, 0) is 6.54 Å². The average Bonchev–Trinajstić information content (AvgIpc) is 1.88. The molecule has 10 heavy (non-hydrogen) atoms. The molecule has 53 valence electrons. The molecule has 0 heterocycles. The summed E-state index contributed by atoms with van der Waals surface area (Å²) in [5.74, 6) is -0.315. The van der Waals surface area contributed by atoms with E-state index in [0.717, 1.165) is 0 Å². The molecule has 0 unspecified atom stereocenters. The Kier molecular flexibility index (Phi) is 2.40. The molecule has 1 radical (unpaired) electrons. The fraction of sp³-hybridized carbons (Fsp3) is 0.143. The van der Waals surface area contributed by atoms with Gasteiger partial charge in [0.05, 0.1) is 0 Å². The molecule has 0 atom stereocenters. The van der Waals surface area contributed by atoms with Gasteiger partial charge < -0.3 is 0 Å². The zero-order valence-corrected chi connectivity index (χ0v) is 6.78. The standard InChI is InChI=1S/C7H6BrFN/c8-6-2-1-5(4-10)7(9)3-6/h1-3,10H,4H2. The molecular formula is C7H6BrFN. The van der Waals surface area contributed by atoms with E-state index in [4.69, 9.17) is 5.73 Å². The van der Waals surface area contributed by atoms with Crippen LogP contribution >= 0.6 is 15.9 Å². The maximum absolute atomic E-state index is 12.7. The SMILES string of the molecule is [NH]Cc1ccc(Br)cc1F.